The van der Waals surface area contributed by atoms with E-state index < -0.39 is 5.91 Å². The topological polar surface area (TPSA) is 72.6 Å². The van der Waals surface area contributed by atoms with Gasteiger partial charge in [-0.1, -0.05) is 18.2 Å². The summed E-state index contributed by atoms with van der Waals surface area (Å²) in [6, 6.07) is 9.64. The molecule has 7 heteroatoms. The molecule has 0 saturated carbocycles. The van der Waals surface area contributed by atoms with Gasteiger partial charge < -0.3 is 9.64 Å². The third-order valence-electron chi connectivity index (χ3n) is 2.25. The lowest BCUT2D eigenvalue weighted by Crippen LogP contribution is -2.14. The van der Waals surface area contributed by atoms with Gasteiger partial charge in [-0.25, -0.2) is 9.67 Å². The monoisotopic (exact) mass is 273 g/mol. The lowest BCUT2D eigenvalue weighted by atomic mass is 10.3. The Morgan fingerprint density at radius 2 is 2.15 bits per heavy atom. The smallest absolute Gasteiger partial charge is 0.336 e. The Morgan fingerprint density at radius 3 is 2.85 bits per heavy atom. The fourth-order valence-corrected chi connectivity index (χ4v) is 1.36. The molecule has 0 aliphatic heterocycles. The maximum Gasteiger partial charge on any atom is 0.336 e. The predicted molar refractivity (Wildman–Crippen MR) is 74.0 cm³/mol. The highest BCUT2D eigenvalue weighted by atomic mass is 16.5. The van der Waals surface area contributed by atoms with E-state index in [1.807, 2.05) is 30.3 Å². The first-order chi connectivity index (χ1) is 9.65. The molecule has 2 rings (SSSR count). The van der Waals surface area contributed by atoms with Gasteiger partial charge in [0.2, 0.25) is 0 Å². The maximum atomic E-state index is 11.4. The molecular formula is C13H15N5O2. The molecule has 1 amide bonds. The number of hydrogen-bond acceptors (Lipinski definition) is 4. The Labute approximate surface area is 116 Å². The van der Waals surface area contributed by atoms with Gasteiger partial charge in [0.1, 0.15) is 6.33 Å². The summed E-state index contributed by atoms with van der Waals surface area (Å²) in [5.41, 5.74) is 0.867. The molecule has 0 saturated heterocycles. The molecule has 2 aromatic rings. The van der Waals surface area contributed by atoms with E-state index in [4.69, 9.17) is 4.74 Å². The van der Waals surface area contributed by atoms with Crippen molar-refractivity contribution in [3.05, 3.63) is 36.7 Å². The highest BCUT2D eigenvalue weighted by Crippen LogP contribution is 2.08. The summed E-state index contributed by atoms with van der Waals surface area (Å²) in [5.74, 6) is -0.394. The van der Waals surface area contributed by atoms with Gasteiger partial charge in [0, 0.05) is 14.1 Å². The minimum atomic E-state index is -0.394. The molecule has 0 N–H and O–H groups in total. The molecule has 0 bridgehead atoms. The normalized spacial score (nSPS) is 10.7. The van der Waals surface area contributed by atoms with E-state index >= 15 is 0 Å². The van der Waals surface area contributed by atoms with E-state index in [2.05, 4.69) is 15.1 Å². The van der Waals surface area contributed by atoms with Gasteiger partial charge in [-0.2, -0.15) is 4.98 Å². The van der Waals surface area contributed by atoms with Crippen LogP contribution in [0.1, 0.15) is 0 Å². The van der Waals surface area contributed by atoms with E-state index in [0.717, 1.165) is 5.69 Å². The highest BCUT2D eigenvalue weighted by molar-refractivity contribution is 5.85. The Morgan fingerprint density at radius 1 is 1.40 bits per heavy atom. The quantitative estimate of drug-likeness (QED) is 0.594. The zero-order chi connectivity index (χ0) is 14.4. The van der Waals surface area contributed by atoms with E-state index in [1.54, 1.807) is 23.7 Å². The number of aromatic nitrogens is 3. The van der Waals surface area contributed by atoms with Gasteiger partial charge in [-0.15, -0.1) is 5.10 Å². The third kappa shape index (κ3) is 3.91. The summed E-state index contributed by atoms with van der Waals surface area (Å²) >= 11 is 0. The zero-order valence-corrected chi connectivity index (χ0v) is 11.3. The van der Waals surface area contributed by atoms with Crippen molar-refractivity contribution in [3.63, 3.8) is 0 Å². The number of para-hydroxylation sites is 1. The number of benzene rings is 1. The van der Waals surface area contributed by atoms with Gasteiger partial charge in [0.15, 0.2) is 6.61 Å². The number of carbonyl (C=O) groups is 1. The van der Waals surface area contributed by atoms with Gasteiger partial charge in [0.05, 0.1) is 12.0 Å². The average molecular weight is 273 g/mol. The van der Waals surface area contributed by atoms with Crippen LogP contribution in [-0.4, -0.2) is 52.6 Å². The summed E-state index contributed by atoms with van der Waals surface area (Å²) in [5, 5.41) is 4.12. The van der Waals surface area contributed by atoms with Crippen molar-refractivity contribution in [2.45, 2.75) is 0 Å². The Bertz CT molecular complexity index is 592. The Balaban J connectivity index is 1.92. The largest absolute Gasteiger partial charge is 0.452 e. The van der Waals surface area contributed by atoms with Crippen molar-refractivity contribution in [2.75, 3.05) is 20.7 Å². The van der Waals surface area contributed by atoms with E-state index in [9.17, 15) is 4.79 Å². The molecule has 104 valence electrons. The molecule has 1 aromatic heterocycles. The number of nitrogens with zero attached hydrogens (tertiary/aromatic N) is 5. The average Bonchev–Trinajstić information content (AvgIpc) is 2.93. The summed E-state index contributed by atoms with van der Waals surface area (Å²) < 4.78 is 6.75. The second-order valence-electron chi connectivity index (χ2n) is 4.20. The zero-order valence-electron chi connectivity index (χ0n) is 11.3. The van der Waals surface area contributed by atoms with E-state index in [0.29, 0.717) is 0 Å². The molecule has 0 atom stereocenters. The summed E-state index contributed by atoms with van der Waals surface area (Å²) in [7, 11) is 3.56. The minimum Gasteiger partial charge on any atom is -0.452 e. The summed E-state index contributed by atoms with van der Waals surface area (Å²) in [6.07, 6.45) is 2.94. The van der Waals surface area contributed by atoms with Crippen LogP contribution in [0.5, 0.6) is 6.01 Å². The SMILES string of the molecule is CN(C)C=NC(=O)COc1ncn(-c2ccccc2)n1. The molecule has 0 aliphatic rings. The van der Waals surface area contributed by atoms with Gasteiger partial charge in [0.25, 0.3) is 5.91 Å². The molecule has 0 unspecified atom stereocenters. The second kappa shape index (κ2) is 6.46. The van der Waals surface area contributed by atoms with Crippen LogP contribution in [0.4, 0.5) is 0 Å². The minimum absolute atomic E-state index is 0.141. The number of ether oxygens (including phenoxy) is 1. The van der Waals surface area contributed by atoms with Crippen molar-refractivity contribution < 1.29 is 9.53 Å². The predicted octanol–water partition coefficient (Wildman–Crippen LogP) is 0.763. The van der Waals surface area contributed by atoms with Crippen LogP contribution in [0.3, 0.4) is 0 Å². The fourth-order valence-electron chi connectivity index (χ4n) is 1.36. The second-order valence-corrected chi connectivity index (χ2v) is 4.20. The molecule has 0 fully saturated rings. The van der Waals surface area contributed by atoms with Crippen molar-refractivity contribution >= 4 is 12.2 Å². The fraction of sp³-hybridized carbons (Fsp3) is 0.231. The molecule has 1 aromatic carbocycles. The van der Waals surface area contributed by atoms with Gasteiger partial charge in [-0.3, -0.25) is 4.79 Å². The number of hydrogen-bond donors (Lipinski definition) is 0. The maximum absolute atomic E-state index is 11.4. The molecule has 0 aliphatic carbocycles. The number of aliphatic imine (C=N–C) groups is 1. The third-order valence-corrected chi connectivity index (χ3v) is 2.25. The summed E-state index contributed by atoms with van der Waals surface area (Å²) in [6.45, 7) is -0.191. The van der Waals surface area contributed by atoms with Crippen LogP contribution in [0.2, 0.25) is 0 Å². The van der Waals surface area contributed by atoms with Gasteiger partial charge >= 0.3 is 6.01 Å². The van der Waals surface area contributed by atoms with Crippen molar-refractivity contribution in [2.24, 2.45) is 4.99 Å². The first kappa shape index (κ1) is 13.7. The van der Waals surface area contributed by atoms with Crippen molar-refractivity contribution in [1.82, 2.24) is 19.7 Å². The molecule has 1 heterocycles. The van der Waals surface area contributed by atoms with Gasteiger partial charge in [-0.05, 0) is 12.1 Å². The van der Waals surface area contributed by atoms with Crippen LogP contribution in [-0.2, 0) is 4.79 Å². The van der Waals surface area contributed by atoms with Crippen LogP contribution in [0.15, 0.2) is 41.7 Å². The number of amides is 1. The van der Waals surface area contributed by atoms with Crippen LogP contribution >= 0.6 is 0 Å². The molecular weight excluding hydrogens is 258 g/mol. The first-order valence-corrected chi connectivity index (χ1v) is 5.98. The number of carbonyl (C=O) groups excluding carboxylic acids is 1. The Hall–Kier alpha value is -2.70. The lowest BCUT2D eigenvalue weighted by molar-refractivity contribution is -0.119. The first-order valence-electron chi connectivity index (χ1n) is 5.98. The molecule has 20 heavy (non-hydrogen) atoms. The molecule has 0 radical (unpaired) electrons. The molecule has 0 spiro atoms. The van der Waals surface area contributed by atoms with Crippen molar-refractivity contribution in [3.8, 4) is 11.7 Å². The highest BCUT2D eigenvalue weighted by Gasteiger charge is 2.06. The van der Waals surface area contributed by atoms with Crippen LogP contribution in [0.25, 0.3) is 5.69 Å². The lowest BCUT2D eigenvalue weighted by Gasteiger charge is -2.01. The standard InChI is InChI=1S/C13H15N5O2/c1-17(2)9-14-12(19)8-20-13-15-10-18(16-13)11-6-4-3-5-7-11/h3-7,9-10H,8H2,1-2H3. The van der Waals surface area contributed by atoms with E-state index in [-0.39, 0.29) is 12.6 Å². The van der Waals surface area contributed by atoms with Crippen LogP contribution in [0, 0.1) is 0 Å². The van der Waals surface area contributed by atoms with E-state index in [1.165, 1.54) is 12.7 Å². The Kier molecular flexibility index (Phi) is 4.43. The summed E-state index contributed by atoms with van der Waals surface area (Å²) in [4.78, 5) is 20.7. The van der Waals surface area contributed by atoms with Crippen LogP contribution < -0.4 is 4.74 Å². The van der Waals surface area contributed by atoms with Crippen molar-refractivity contribution in [1.29, 1.82) is 0 Å². The molecule has 7 nitrogen and oxygen atoms in total. The number of rotatable bonds is 5.